The zero-order chi connectivity index (χ0) is 19.2. The van der Waals surface area contributed by atoms with Crippen LogP contribution in [0.3, 0.4) is 0 Å². The smallest absolute Gasteiger partial charge is 0.124 e. The summed E-state index contributed by atoms with van der Waals surface area (Å²) in [5.74, 6) is 0.671. The van der Waals surface area contributed by atoms with Crippen LogP contribution in [0.5, 0.6) is 5.75 Å². The number of aromatic hydroxyl groups is 1. The Morgan fingerprint density at radius 2 is 1.54 bits per heavy atom. The third-order valence-electron chi connectivity index (χ3n) is 5.28. The first-order chi connectivity index (χ1) is 12.6. The van der Waals surface area contributed by atoms with Crippen molar-refractivity contribution in [3.05, 3.63) is 29.3 Å². The van der Waals surface area contributed by atoms with Crippen molar-refractivity contribution in [1.82, 2.24) is 0 Å². The van der Waals surface area contributed by atoms with Crippen LogP contribution in [-0.2, 0) is 0 Å². The van der Waals surface area contributed by atoms with E-state index in [1.54, 1.807) is 6.07 Å². The molecule has 1 aromatic carbocycles. The van der Waals surface area contributed by atoms with Crippen LogP contribution < -0.4 is 0 Å². The molecule has 0 heterocycles. The minimum Gasteiger partial charge on any atom is -0.507 e. The summed E-state index contributed by atoms with van der Waals surface area (Å²) in [7, 11) is 0. The normalized spacial score (nSPS) is 13.1. The molecule has 0 radical (unpaired) electrons. The zero-order valence-electron chi connectivity index (χ0n) is 17.1. The number of nitrogens with zero attached hydrogens (tertiary/aromatic N) is 1. The van der Waals surface area contributed by atoms with E-state index in [4.69, 9.17) is 0 Å². The van der Waals surface area contributed by atoms with Gasteiger partial charge in [0.25, 0.3) is 0 Å². The first-order valence-electron chi connectivity index (χ1n) is 10.7. The van der Waals surface area contributed by atoms with Gasteiger partial charge >= 0.3 is 0 Å². The maximum absolute atomic E-state index is 10.2. The second-order valence-electron chi connectivity index (χ2n) is 7.59. The first kappa shape index (κ1) is 22.5. The Kier molecular flexibility index (Phi) is 11.8. The van der Waals surface area contributed by atoms with E-state index in [0.29, 0.717) is 23.6 Å². The molecule has 0 aliphatic heterocycles. The SMILES string of the molecule is CCCCCCCCCC(=NO)c1cc(C(C)CCCCC)ccc1O. The van der Waals surface area contributed by atoms with Gasteiger partial charge in [-0.25, -0.2) is 0 Å². The lowest BCUT2D eigenvalue weighted by Crippen LogP contribution is -2.04. The lowest BCUT2D eigenvalue weighted by molar-refractivity contribution is 0.317. The van der Waals surface area contributed by atoms with Crippen LogP contribution >= 0.6 is 0 Å². The van der Waals surface area contributed by atoms with Gasteiger partial charge in [0.05, 0.1) is 5.71 Å². The molecular formula is C23H39NO2. The second kappa shape index (κ2) is 13.7. The van der Waals surface area contributed by atoms with Crippen LogP contribution in [0, 0.1) is 0 Å². The maximum Gasteiger partial charge on any atom is 0.124 e. The average Bonchev–Trinajstić information content (AvgIpc) is 2.65. The van der Waals surface area contributed by atoms with Crippen molar-refractivity contribution < 1.29 is 10.3 Å². The molecule has 0 amide bonds. The Balaban J connectivity index is 2.59. The molecule has 0 saturated heterocycles. The molecule has 3 nitrogen and oxygen atoms in total. The van der Waals surface area contributed by atoms with Gasteiger partial charge in [0.2, 0.25) is 0 Å². The summed E-state index contributed by atoms with van der Waals surface area (Å²) in [5.41, 5.74) is 2.52. The molecule has 148 valence electrons. The highest BCUT2D eigenvalue weighted by atomic mass is 16.4. The Morgan fingerprint density at radius 1 is 0.923 bits per heavy atom. The summed E-state index contributed by atoms with van der Waals surface area (Å²) in [5, 5.41) is 23.2. The van der Waals surface area contributed by atoms with Crippen molar-refractivity contribution in [2.24, 2.45) is 5.16 Å². The van der Waals surface area contributed by atoms with Crippen molar-refractivity contribution in [2.45, 2.75) is 104 Å². The molecule has 0 aromatic heterocycles. The molecule has 0 bridgehead atoms. The van der Waals surface area contributed by atoms with E-state index < -0.39 is 0 Å². The largest absolute Gasteiger partial charge is 0.507 e. The highest BCUT2D eigenvalue weighted by Crippen LogP contribution is 2.28. The minimum absolute atomic E-state index is 0.213. The number of oxime groups is 1. The van der Waals surface area contributed by atoms with Crippen LogP contribution in [0.15, 0.2) is 23.4 Å². The molecule has 1 rings (SSSR count). The number of rotatable bonds is 14. The molecule has 1 atom stereocenters. The van der Waals surface area contributed by atoms with E-state index >= 15 is 0 Å². The van der Waals surface area contributed by atoms with Crippen molar-refractivity contribution in [3.8, 4) is 5.75 Å². The molecule has 0 aliphatic carbocycles. The number of benzene rings is 1. The molecule has 3 heteroatoms. The predicted octanol–water partition coefficient (Wildman–Crippen LogP) is 7.40. The van der Waals surface area contributed by atoms with Crippen molar-refractivity contribution in [1.29, 1.82) is 0 Å². The maximum atomic E-state index is 10.2. The molecule has 1 unspecified atom stereocenters. The molecule has 0 saturated carbocycles. The van der Waals surface area contributed by atoms with Crippen LogP contribution in [0.4, 0.5) is 0 Å². The number of unbranched alkanes of at least 4 members (excludes halogenated alkanes) is 8. The molecule has 0 fully saturated rings. The summed E-state index contributed by atoms with van der Waals surface area (Å²) >= 11 is 0. The topological polar surface area (TPSA) is 52.8 Å². The van der Waals surface area contributed by atoms with E-state index in [2.05, 4.69) is 25.9 Å². The first-order valence-corrected chi connectivity index (χ1v) is 10.7. The minimum atomic E-state index is 0.213. The Labute approximate surface area is 160 Å². The fourth-order valence-corrected chi connectivity index (χ4v) is 3.45. The van der Waals surface area contributed by atoms with Crippen LogP contribution in [-0.4, -0.2) is 16.0 Å². The summed E-state index contributed by atoms with van der Waals surface area (Å²) < 4.78 is 0. The van der Waals surface area contributed by atoms with Crippen molar-refractivity contribution in [3.63, 3.8) is 0 Å². The number of hydrogen-bond acceptors (Lipinski definition) is 3. The zero-order valence-corrected chi connectivity index (χ0v) is 17.1. The van der Waals surface area contributed by atoms with E-state index in [0.717, 1.165) is 19.3 Å². The fourth-order valence-electron chi connectivity index (χ4n) is 3.45. The molecule has 0 aliphatic rings. The number of phenols is 1. The molecule has 26 heavy (non-hydrogen) atoms. The molecular weight excluding hydrogens is 322 g/mol. The third kappa shape index (κ3) is 8.25. The monoisotopic (exact) mass is 361 g/mol. The van der Waals surface area contributed by atoms with Gasteiger partial charge in [0.15, 0.2) is 0 Å². The van der Waals surface area contributed by atoms with Gasteiger partial charge in [0.1, 0.15) is 5.75 Å². The van der Waals surface area contributed by atoms with E-state index in [9.17, 15) is 10.3 Å². The van der Waals surface area contributed by atoms with Crippen LogP contribution in [0.2, 0.25) is 0 Å². The lowest BCUT2D eigenvalue weighted by atomic mass is 9.91. The van der Waals surface area contributed by atoms with Gasteiger partial charge in [-0.2, -0.15) is 0 Å². The summed E-state index contributed by atoms with van der Waals surface area (Å²) in [4.78, 5) is 0. The second-order valence-corrected chi connectivity index (χ2v) is 7.59. The summed E-state index contributed by atoms with van der Waals surface area (Å²) in [6.07, 6.45) is 14.2. The summed E-state index contributed by atoms with van der Waals surface area (Å²) in [6, 6.07) is 5.76. The molecule has 0 spiro atoms. The third-order valence-corrected chi connectivity index (χ3v) is 5.28. The Bertz CT molecular complexity index is 525. The Hall–Kier alpha value is -1.51. The highest BCUT2D eigenvalue weighted by Gasteiger charge is 2.13. The molecule has 1 aromatic rings. The van der Waals surface area contributed by atoms with E-state index in [1.165, 1.54) is 56.9 Å². The average molecular weight is 362 g/mol. The van der Waals surface area contributed by atoms with Gasteiger partial charge < -0.3 is 10.3 Å². The van der Waals surface area contributed by atoms with Crippen LogP contribution in [0.25, 0.3) is 0 Å². The van der Waals surface area contributed by atoms with Crippen molar-refractivity contribution >= 4 is 5.71 Å². The van der Waals surface area contributed by atoms with Crippen molar-refractivity contribution in [2.75, 3.05) is 0 Å². The van der Waals surface area contributed by atoms with E-state index in [-0.39, 0.29) is 5.75 Å². The standard InChI is InChI=1S/C23H39NO2/c1-4-6-8-9-10-11-13-15-22(24-26)21-18-20(16-17-23(21)25)19(3)14-12-7-5-2/h16-19,25-26H,4-15H2,1-3H3. The van der Waals surface area contributed by atoms with Crippen LogP contribution in [0.1, 0.15) is 115 Å². The van der Waals surface area contributed by atoms with Gasteiger partial charge in [-0.15, -0.1) is 0 Å². The quantitative estimate of drug-likeness (QED) is 0.157. The predicted molar refractivity (Wildman–Crippen MR) is 112 cm³/mol. The van der Waals surface area contributed by atoms with Gasteiger partial charge in [-0.05, 0) is 42.9 Å². The molecule has 2 N–H and O–H groups in total. The van der Waals surface area contributed by atoms with Gasteiger partial charge in [-0.1, -0.05) is 89.8 Å². The Morgan fingerprint density at radius 3 is 2.19 bits per heavy atom. The summed E-state index contributed by atoms with van der Waals surface area (Å²) in [6.45, 7) is 6.68. The lowest BCUT2D eigenvalue weighted by Gasteiger charge is -2.15. The number of hydrogen-bond donors (Lipinski definition) is 2. The fraction of sp³-hybridized carbons (Fsp3) is 0.696. The highest BCUT2D eigenvalue weighted by molar-refractivity contribution is 6.02. The van der Waals surface area contributed by atoms with Gasteiger partial charge in [-0.3, -0.25) is 0 Å². The van der Waals surface area contributed by atoms with Gasteiger partial charge in [0, 0.05) is 5.56 Å². The van der Waals surface area contributed by atoms with E-state index in [1.807, 2.05) is 12.1 Å². The number of phenolic OH excluding ortho intramolecular Hbond substituents is 1.